The molecule has 1 fully saturated rings. The van der Waals surface area contributed by atoms with Gasteiger partial charge in [0.05, 0.1) is 4.90 Å². The van der Waals surface area contributed by atoms with Gasteiger partial charge in [-0.3, -0.25) is 4.79 Å². The molecule has 2 aromatic carbocycles. The summed E-state index contributed by atoms with van der Waals surface area (Å²) in [5, 5.41) is 2.04. The van der Waals surface area contributed by atoms with E-state index in [2.05, 4.69) is 9.71 Å². The molecule has 0 aliphatic carbocycles. The maximum Gasteiger partial charge on any atom is 0.273 e. The van der Waals surface area contributed by atoms with E-state index < -0.39 is 21.7 Å². The van der Waals surface area contributed by atoms with Crippen molar-refractivity contribution in [2.75, 3.05) is 13.1 Å². The fourth-order valence-corrected chi connectivity index (χ4v) is 5.52. The number of piperidine rings is 1. The SMILES string of the molecule is O=C(c1csc(-c2ccccc2F)n1)N1CCC(NS(=O)(=O)c2ccc(F)cc2)CC1. The fourth-order valence-electron chi connectivity index (χ4n) is 3.39. The molecule has 31 heavy (non-hydrogen) atoms. The van der Waals surface area contributed by atoms with E-state index in [1.807, 2.05) is 0 Å². The lowest BCUT2D eigenvalue weighted by molar-refractivity contribution is 0.0706. The molecule has 1 aromatic heterocycles. The van der Waals surface area contributed by atoms with Crippen LogP contribution in [-0.4, -0.2) is 43.3 Å². The quantitative estimate of drug-likeness (QED) is 0.626. The lowest BCUT2D eigenvalue weighted by Gasteiger charge is -2.31. The highest BCUT2D eigenvalue weighted by molar-refractivity contribution is 7.89. The Hall–Kier alpha value is -2.69. The number of hydrogen-bond donors (Lipinski definition) is 1. The van der Waals surface area contributed by atoms with Gasteiger partial charge in [0.15, 0.2) is 0 Å². The highest BCUT2D eigenvalue weighted by Crippen LogP contribution is 2.27. The van der Waals surface area contributed by atoms with Gasteiger partial charge in [-0.05, 0) is 49.2 Å². The number of carbonyl (C=O) groups is 1. The minimum absolute atomic E-state index is 0.00412. The molecule has 4 rings (SSSR count). The van der Waals surface area contributed by atoms with E-state index in [1.54, 1.807) is 28.5 Å². The van der Waals surface area contributed by atoms with Crippen LogP contribution in [-0.2, 0) is 10.0 Å². The van der Waals surface area contributed by atoms with Crippen molar-refractivity contribution >= 4 is 27.3 Å². The van der Waals surface area contributed by atoms with Gasteiger partial charge >= 0.3 is 0 Å². The molecular formula is C21H19F2N3O3S2. The zero-order valence-corrected chi connectivity index (χ0v) is 17.9. The summed E-state index contributed by atoms with van der Waals surface area (Å²) in [4.78, 5) is 18.7. The Bertz CT molecular complexity index is 1190. The van der Waals surface area contributed by atoms with Crippen LogP contribution in [0.1, 0.15) is 23.3 Å². The van der Waals surface area contributed by atoms with Gasteiger partial charge < -0.3 is 4.90 Å². The molecule has 0 saturated carbocycles. The predicted octanol–water partition coefficient (Wildman–Crippen LogP) is 3.67. The highest BCUT2D eigenvalue weighted by Gasteiger charge is 2.28. The smallest absolute Gasteiger partial charge is 0.273 e. The summed E-state index contributed by atoms with van der Waals surface area (Å²) in [5.74, 6) is -1.17. The average Bonchev–Trinajstić information content (AvgIpc) is 3.24. The van der Waals surface area contributed by atoms with E-state index in [4.69, 9.17) is 0 Å². The van der Waals surface area contributed by atoms with E-state index in [0.29, 0.717) is 36.5 Å². The van der Waals surface area contributed by atoms with E-state index in [1.165, 1.54) is 29.5 Å². The second-order valence-corrected chi connectivity index (χ2v) is 9.73. The topological polar surface area (TPSA) is 79.4 Å². The van der Waals surface area contributed by atoms with Crippen molar-refractivity contribution < 1.29 is 22.0 Å². The lowest BCUT2D eigenvalue weighted by atomic mass is 10.1. The summed E-state index contributed by atoms with van der Waals surface area (Å²) in [7, 11) is -3.76. The molecule has 0 atom stereocenters. The molecule has 0 bridgehead atoms. The van der Waals surface area contributed by atoms with Gasteiger partial charge in [0, 0.05) is 30.1 Å². The monoisotopic (exact) mass is 463 g/mol. The minimum atomic E-state index is -3.76. The van der Waals surface area contributed by atoms with E-state index >= 15 is 0 Å². The molecule has 0 unspecified atom stereocenters. The number of thiazole rings is 1. The summed E-state index contributed by atoms with van der Waals surface area (Å²) >= 11 is 1.20. The Morgan fingerprint density at radius 1 is 1.06 bits per heavy atom. The van der Waals surface area contributed by atoms with Gasteiger partial charge in [0.2, 0.25) is 10.0 Å². The predicted molar refractivity (Wildman–Crippen MR) is 113 cm³/mol. The first kappa shape index (κ1) is 21.5. The van der Waals surface area contributed by atoms with Crippen LogP contribution in [0, 0.1) is 11.6 Å². The van der Waals surface area contributed by atoms with Gasteiger partial charge in [-0.1, -0.05) is 12.1 Å². The Balaban J connectivity index is 1.37. The van der Waals surface area contributed by atoms with Crippen LogP contribution in [0.25, 0.3) is 10.6 Å². The van der Waals surface area contributed by atoms with Crippen molar-refractivity contribution in [2.24, 2.45) is 0 Å². The first-order valence-electron chi connectivity index (χ1n) is 9.61. The minimum Gasteiger partial charge on any atom is -0.337 e. The van der Waals surface area contributed by atoms with Gasteiger partial charge in [0.25, 0.3) is 5.91 Å². The average molecular weight is 464 g/mol. The van der Waals surface area contributed by atoms with E-state index in [-0.39, 0.29) is 22.5 Å². The zero-order chi connectivity index (χ0) is 22.0. The summed E-state index contributed by atoms with van der Waals surface area (Å²) in [6.45, 7) is 0.726. The van der Waals surface area contributed by atoms with Crippen molar-refractivity contribution in [2.45, 2.75) is 23.8 Å². The van der Waals surface area contributed by atoms with Crippen LogP contribution in [0.3, 0.4) is 0 Å². The summed E-state index contributed by atoms with van der Waals surface area (Å²) < 4.78 is 54.5. The number of nitrogens with one attached hydrogen (secondary N) is 1. The van der Waals surface area contributed by atoms with Crippen LogP contribution >= 0.6 is 11.3 Å². The van der Waals surface area contributed by atoms with Crippen molar-refractivity contribution in [3.8, 4) is 10.6 Å². The van der Waals surface area contributed by atoms with Crippen LogP contribution in [0.2, 0.25) is 0 Å². The number of likely N-dealkylation sites (tertiary alicyclic amines) is 1. The van der Waals surface area contributed by atoms with Gasteiger partial charge in [0.1, 0.15) is 22.3 Å². The number of hydrogen-bond acceptors (Lipinski definition) is 5. The zero-order valence-electron chi connectivity index (χ0n) is 16.3. The van der Waals surface area contributed by atoms with Gasteiger partial charge in [-0.15, -0.1) is 11.3 Å². The lowest BCUT2D eigenvalue weighted by Crippen LogP contribution is -2.46. The van der Waals surface area contributed by atoms with Crippen LogP contribution in [0.15, 0.2) is 58.8 Å². The summed E-state index contributed by atoms with van der Waals surface area (Å²) in [6, 6.07) is 10.5. The fraction of sp³-hybridized carbons (Fsp3) is 0.238. The number of aromatic nitrogens is 1. The molecule has 6 nitrogen and oxygen atoms in total. The maximum absolute atomic E-state index is 14.0. The highest BCUT2D eigenvalue weighted by atomic mass is 32.2. The molecule has 0 spiro atoms. The summed E-state index contributed by atoms with van der Waals surface area (Å²) in [5.41, 5.74) is 0.592. The Kier molecular flexibility index (Phi) is 6.12. The molecule has 1 amide bonds. The van der Waals surface area contributed by atoms with E-state index in [9.17, 15) is 22.0 Å². The first-order valence-corrected chi connectivity index (χ1v) is 12.0. The Morgan fingerprint density at radius 3 is 2.42 bits per heavy atom. The molecule has 3 aromatic rings. The van der Waals surface area contributed by atoms with Gasteiger partial charge in [-0.2, -0.15) is 0 Å². The third-order valence-corrected chi connectivity index (χ3v) is 7.47. The van der Waals surface area contributed by atoms with Gasteiger partial charge in [-0.25, -0.2) is 26.9 Å². The molecule has 162 valence electrons. The van der Waals surface area contributed by atoms with Crippen LogP contribution in [0.5, 0.6) is 0 Å². The normalized spacial score (nSPS) is 15.2. The summed E-state index contributed by atoms with van der Waals surface area (Å²) in [6.07, 6.45) is 0.882. The maximum atomic E-state index is 14.0. The number of rotatable bonds is 5. The van der Waals surface area contributed by atoms with Crippen molar-refractivity contribution in [1.29, 1.82) is 0 Å². The number of carbonyl (C=O) groups excluding carboxylic acids is 1. The molecule has 1 N–H and O–H groups in total. The molecule has 1 saturated heterocycles. The van der Waals surface area contributed by atoms with Crippen molar-refractivity contribution in [3.63, 3.8) is 0 Å². The number of benzene rings is 2. The van der Waals surface area contributed by atoms with Crippen LogP contribution in [0.4, 0.5) is 8.78 Å². The van der Waals surface area contributed by atoms with E-state index in [0.717, 1.165) is 12.1 Å². The largest absolute Gasteiger partial charge is 0.337 e. The third kappa shape index (κ3) is 4.81. The second kappa shape index (κ2) is 8.81. The third-order valence-electron chi connectivity index (χ3n) is 5.06. The Labute approximate surface area is 182 Å². The van der Waals surface area contributed by atoms with Crippen LogP contribution < -0.4 is 4.72 Å². The molecule has 1 aliphatic rings. The molecule has 1 aliphatic heterocycles. The molecule has 0 radical (unpaired) electrons. The second-order valence-electron chi connectivity index (χ2n) is 7.16. The standard InChI is InChI=1S/C21H19F2N3O3S2/c22-14-5-7-16(8-6-14)31(28,29)25-15-9-11-26(12-10-15)21(27)19-13-30-20(24-19)17-3-1-2-4-18(17)23/h1-8,13,15,25H,9-12H2. The molecular weight excluding hydrogens is 444 g/mol. The number of sulfonamides is 1. The Morgan fingerprint density at radius 2 is 1.74 bits per heavy atom. The van der Waals surface area contributed by atoms with Crippen molar-refractivity contribution in [1.82, 2.24) is 14.6 Å². The number of amides is 1. The number of nitrogens with zero attached hydrogens (tertiary/aromatic N) is 2. The van der Waals surface area contributed by atoms with Crippen molar-refractivity contribution in [3.05, 3.63) is 71.2 Å². The number of halogens is 2. The first-order chi connectivity index (χ1) is 14.8. The molecule has 10 heteroatoms. The molecule has 2 heterocycles.